The SMILES string of the molecule is CC.CC(C)c1cn(CC#N)cn1. The second kappa shape index (κ2) is 6.24. The summed E-state index contributed by atoms with van der Waals surface area (Å²) in [5, 5.41) is 8.37. The molecule has 3 nitrogen and oxygen atoms in total. The molecule has 0 unspecified atom stereocenters. The molecule has 0 saturated heterocycles. The average Bonchev–Trinajstić information content (AvgIpc) is 2.57. The molecule has 1 aromatic rings. The molecule has 0 fully saturated rings. The van der Waals surface area contributed by atoms with E-state index >= 15 is 0 Å². The van der Waals surface area contributed by atoms with Crippen molar-refractivity contribution in [2.24, 2.45) is 0 Å². The number of hydrogen-bond acceptors (Lipinski definition) is 2. The molecular formula is C10H17N3. The zero-order valence-corrected chi connectivity index (χ0v) is 8.78. The predicted molar refractivity (Wildman–Crippen MR) is 53.3 cm³/mol. The van der Waals surface area contributed by atoms with Crippen molar-refractivity contribution in [2.75, 3.05) is 0 Å². The average molecular weight is 179 g/mol. The maximum Gasteiger partial charge on any atom is 0.111 e. The zero-order chi connectivity index (χ0) is 10.3. The van der Waals surface area contributed by atoms with Crippen molar-refractivity contribution in [3.63, 3.8) is 0 Å². The Morgan fingerprint density at radius 2 is 2.15 bits per heavy atom. The van der Waals surface area contributed by atoms with Crippen LogP contribution in [-0.2, 0) is 6.54 Å². The van der Waals surface area contributed by atoms with Crippen molar-refractivity contribution >= 4 is 0 Å². The van der Waals surface area contributed by atoms with E-state index in [4.69, 9.17) is 5.26 Å². The summed E-state index contributed by atoms with van der Waals surface area (Å²) in [4.78, 5) is 4.15. The van der Waals surface area contributed by atoms with Crippen molar-refractivity contribution in [3.05, 3.63) is 18.2 Å². The molecule has 0 bridgehead atoms. The van der Waals surface area contributed by atoms with Crippen LogP contribution < -0.4 is 0 Å². The van der Waals surface area contributed by atoms with E-state index in [-0.39, 0.29) is 0 Å². The summed E-state index contributed by atoms with van der Waals surface area (Å²) in [6, 6.07) is 2.06. The Kier molecular flexibility index (Phi) is 5.62. The third-order valence-electron chi connectivity index (χ3n) is 1.50. The van der Waals surface area contributed by atoms with Crippen LogP contribution in [0.5, 0.6) is 0 Å². The summed E-state index contributed by atoms with van der Waals surface area (Å²) < 4.78 is 1.79. The monoisotopic (exact) mass is 179 g/mol. The Hall–Kier alpha value is -1.30. The second-order valence-electron chi connectivity index (χ2n) is 2.78. The maximum atomic E-state index is 8.37. The zero-order valence-electron chi connectivity index (χ0n) is 8.78. The normalized spacial score (nSPS) is 8.92. The van der Waals surface area contributed by atoms with E-state index in [1.54, 1.807) is 10.9 Å². The summed E-state index contributed by atoms with van der Waals surface area (Å²) in [6.07, 6.45) is 3.60. The summed E-state index contributed by atoms with van der Waals surface area (Å²) in [7, 11) is 0. The molecule has 0 saturated carbocycles. The number of nitrogens with zero attached hydrogens (tertiary/aromatic N) is 3. The van der Waals surface area contributed by atoms with Gasteiger partial charge >= 0.3 is 0 Å². The minimum absolute atomic E-state index is 0.389. The van der Waals surface area contributed by atoms with E-state index < -0.39 is 0 Å². The topological polar surface area (TPSA) is 41.6 Å². The van der Waals surface area contributed by atoms with E-state index in [2.05, 4.69) is 24.9 Å². The van der Waals surface area contributed by atoms with Gasteiger partial charge in [-0.05, 0) is 5.92 Å². The molecule has 0 N–H and O–H groups in total. The molecule has 0 aromatic carbocycles. The predicted octanol–water partition coefficient (Wildman–Crippen LogP) is 2.56. The molecule has 1 aromatic heterocycles. The van der Waals surface area contributed by atoms with Gasteiger partial charge < -0.3 is 4.57 Å². The van der Waals surface area contributed by atoms with Crippen LogP contribution in [0.25, 0.3) is 0 Å². The number of rotatable bonds is 2. The number of aromatic nitrogens is 2. The van der Waals surface area contributed by atoms with Crippen LogP contribution in [0.1, 0.15) is 39.3 Å². The van der Waals surface area contributed by atoms with E-state index in [9.17, 15) is 0 Å². The van der Waals surface area contributed by atoms with Crippen molar-refractivity contribution in [3.8, 4) is 6.07 Å². The first kappa shape index (κ1) is 11.7. The highest BCUT2D eigenvalue weighted by Crippen LogP contribution is 2.09. The quantitative estimate of drug-likeness (QED) is 0.700. The largest absolute Gasteiger partial charge is 0.323 e. The highest BCUT2D eigenvalue weighted by molar-refractivity contribution is 5.02. The molecule has 0 radical (unpaired) electrons. The van der Waals surface area contributed by atoms with Gasteiger partial charge in [-0.2, -0.15) is 5.26 Å². The van der Waals surface area contributed by atoms with Gasteiger partial charge in [0.2, 0.25) is 0 Å². The summed E-state index contributed by atoms with van der Waals surface area (Å²) >= 11 is 0. The molecule has 0 aliphatic rings. The first-order valence-electron chi connectivity index (χ1n) is 4.62. The Balaban J connectivity index is 0.000000671. The van der Waals surface area contributed by atoms with Gasteiger partial charge in [-0.1, -0.05) is 27.7 Å². The third-order valence-corrected chi connectivity index (χ3v) is 1.50. The van der Waals surface area contributed by atoms with Crippen molar-refractivity contribution in [1.29, 1.82) is 5.26 Å². The van der Waals surface area contributed by atoms with Gasteiger partial charge in [-0.25, -0.2) is 4.98 Å². The fourth-order valence-corrected chi connectivity index (χ4v) is 0.844. The van der Waals surface area contributed by atoms with Crippen LogP contribution in [0.2, 0.25) is 0 Å². The molecule has 72 valence electrons. The molecule has 0 aliphatic carbocycles. The minimum Gasteiger partial charge on any atom is -0.323 e. The van der Waals surface area contributed by atoms with E-state index in [0.717, 1.165) is 5.69 Å². The van der Waals surface area contributed by atoms with Crippen LogP contribution in [0.15, 0.2) is 12.5 Å². The Labute approximate surface area is 80.0 Å². The van der Waals surface area contributed by atoms with Crippen LogP contribution >= 0.6 is 0 Å². The van der Waals surface area contributed by atoms with Gasteiger partial charge in [-0.3, -0.25) is 0 Å². The van der Waals surface area contributed by atoms with E-state index in [0.29, 0.717) is 12.5 Å². The molecule has 0 amide bonds. The van der Waals surface area contributed by atoms with Crippen LogP contribution in [0, 0.1) is 11.3 Å². The number of imidazole rings is 1. The van der Waals surface area contributed by atoms with Gasteiger partial charge in [0, 0.05) is 6.20 Å². The van der Waals surface area contributed by atoms with Gasteiger partial charge in [0.15, 0.2) is 0 Å². The van der Waals surface area contributed by atoms with Gasteiger partial charge in [0.05, 0.1) is 18.1 Å². The van der Waals surface area contributed by atoms with Crippen molar-refractivity contribution in [2.45, 2.75) is 40.2 Å². The Bertz CT molecular complexity index is 268. The van der Waals surface area contributed by atoms with Crippen molar-refractivity contribution in [1.82, 2.24) is 9.55 Å². The Morgan fingerprint density at radius 3 is 2.54 bits per heavy atom. The summed E-state index contributed by atoms with van der Waals surface area (Å²) in [5.74, 6) is 0.440. The molecule has 1 heterocycles. The molecule has 13 heavy (non-hydrogen) atoms. The summed E-state index contributed by atoms with van der Waals surface area (Å²) in [5.41, 5.74) is 1.04. The van der Waals surface area contributed by atoms with Gasteiger partial charge in [0.1, 0.15) is 6.54 Å². The molecule has 0 spiro atoms. The lowest BCUT2D eigenvalue weighted by Crippen LogP contribution is -1.90. The molecule has 0 atom stereocenters. The standard InChI is InChI=1S/C8H11N3.C2H6/c1-7(2)8-5-11(4-3-9)6-10-8;1-2/h5-7H,4H2,1-2H3;1-2H3. The number of hydrogen-bond donors (Lipinski definition) is 0. The van der Waals surface area contributed by atoms with Crippen LogP contribution in [-0.4, -0.2) is 9.55 Å². The Morgan fingerprint density at radius 1 is 1.54 bits per heavy atom. The third kappa shape index (κ3) is 3.75. The minimum atomic E-state index is 0.389. The fourth-order valence-electron chi connectivity index (χ4n) is 0.844. The molecular weight excluding hydrogens is 162 g/mol. The van der Waals surface area contributed by atoms with Crippen LogP contribution in [0.3, 0.4) is 0 Å². The molecule has 3 heteroatoms. The lowest BCUT2D eigenvalue weighted by molar-refractivity contribution is 0.813. The first-order valence-corrected chi connectivity index (χ1v) is 4.62. The smallest absolute Gasteiger partial charge is 0.111 e. The lowest BCUT2D eigenvalue weighted by Gasteiger charge is -1.95. The van der Waals surface area contributed by atoms with Gasteiger partial charge in [0.25, 0.3) is 0 Å². The van der Waals surface area contributed by atoms with E-state index in [1.807, 2.05) is 20.0 Å². The van der Waals surface area contributed by atoms with E-state index in [1.165, 1.54) is 0 Å². The first-order chi connectivity index (χ1) is 6.24. The van der Waals surface area contributed by atoms with Crippen LogP contribution in [0.4, 0.5) is 0 Å². The summed E-state index contributed by atoms with van der Waals surface area (Å²) in [6.45, 7) is 8.55. The lowest BCUT2D eigenvalue weighted by atomic mass is 10.2. The van der Waals surface area contributed by atoms with Gasteiger partial charge in [-0.15, -0.1) is 0 Å². The highest BCUT2D eigenvalue weighted by Gasteiger charge is 2.01. The highest BCUT2D eigenvalue weighted by atomic mass is 15.0. The van der Waals surface area contributed by atoms with Crippen molar-refractivity contribution < 1.29 is 0 Å². The molecule has 0 aliphatic heterocycles. The molecule has 1 rings (SSSR count). The number of nitriles is 1. The second-order valence-corrected chi connectivity index (χ2v) is 2.78. The fraction of sp³-hybridized carbons (Fsp3) is 0.600. The maximum absolute atomic E-state index is 8.37.